The molecule has 0 N–H and O–H groups in total. The molecule has 138 valence electrons. The lowest BCUT2D eigenvalue weighted by atomic mass is 9.73. The van der Waals surface area contributed by atoms with E-state index in [-0.39, 0.29) is 5.41 Å². The summed E-state index contributed by atoms with van der Waals surface area (Å²) in [4.78, 5) is 25.8. The van der Waals surface area contributed by atoms with E-state index in [0.29, 0.717) is 18.2 Å². The minimum absolute atomic E-state index is 0.231. The van der Waals surface area contributed by atoms with Gasteiger partial charge in [0.2, 0.25) is 5.91 Å². The first-order valence-electron chi connectivity index (χ1n) is 9.71. The van der Waals surface area contributed by atoms with E-state index in [1.165, 1.54) is 18.4 Å². The van der Waals surface area contributed by atoms with Crippen molar-refractivity contribution in [3.8, 4) is 0 Å². The van der Waals surface area contributed by atoms with Crippen LogP contribution in [0.2, 0.25) is 0 Å². The Morgan fingerprint density at radius 1 is 1.20 bits per heavy atom. The highest BCUT2D eigenvalue weighted by atomic mass is 16.2. The lowest BCUT2D eigenvalue weighted by Gasteiger charge is -2.49. The number of carbonyl (C=O) groups is 1. The smallest absolute Gasteiger partial charge is 0.222 e. The standard InChI is InChI=1S/C20H32N4O/c1-15(2)7-11-23-12-20(9-6-18(23)25)8-5-10-24(13-20)19-16(3)17(4)21-14-22-19/h14-15H,5-13H2,1-4H3/t20-/m0/s1. The Labute approximate surface area is 151 Å². The number of likely N-dealkylation sites (tertiary alicyclic amines) is 1. The molecule has 0 aliphatic carbocycles. The number of rotatable bonds is 4. The predicted octanol–water partition coefficient (Wildman–Crippen LogP) is 3.35. The van der Waals surface area contributed by atoms with Crippen molar-refractivity contribution in [1.82, 2.24) is 14.9 Å². The van der Waals surface area contributed by atoms with Gasteiger partial charge in [0.1, 0.15) is 12.1 Å². The van der Waals surface area contributed by atoms with Gasteiger partial charge in [-0.05, 0) is 45.4 Å². The van der Waals surface area contributed by atoms with Crippen LogP contribution in [0.25, 0.3) is 0 Å². The van der Waals surface area contributed by atoms with Gasteiger partial charge in [0, 0.05) is 49.3 Å². The number of hydrogen-bond donors (Lipinski definition) is 0. The van der Waals surface area contributed by atoms with Crippen LogP contribution in [0.4, 0.5) is 5.82 Å². The van der Waals surface area contributed by atoms with E-state index in [4.69, 9.17) is 0 Å². The van der Waals surface area contributed by atoms with Crippen LogP contribution < -0.4 is 4.90 Å². The maximum absolute atomic E-state index is 12.4. The lowest BCUT2D eigenvalue weighted by Crippen LogP contribution is -2.54. The van der Waals surface area contributed by atoms with Crippen molar-refractivity contribution >= 4 is 11.7 Å². The Morgan fingerprint density at radius 3 is 2.76 bits per heavy atom. The Kier molecular flexibility index (Phi) is 5.30. The van der Waals surface area contributed by atoms with Gasteiger partial charge in [-0.3, -0.25) is 4.79 Å². The van der Waals surface area contributed by atoms with Crippen LogP contribution in [-0.4, -0.2) is 47.0 Å². The highest BCUT2D eigenvalue weighted by molar-refractivity contribution is 5.77. The van der Waals surface area contributed by atoms with Crippen molar-refractivity contribution in [3.05, 3.63) is 17.6 Å². The summed E-state index contributed by atoms with van der Waals surface area (Å²) in [6.07, 6.45) is 6.89. The molecule has 0 saturated carbocycles. The third kappa shape index (κ3) is 3.96. The molecule has 1 aromatic heterocycles. The van der Waals surface area contributed by atoms with E-state index in [0.717, 1.165) is 50.5 Å². The van der Waals surface area contributed by atoms with Crippen LogP contribution >= 0.6 is 0 Å². The van der Waals surface area contributed by atoms with E-state index >= 15 is 0 Å². The average Bonchev–Trinajstić information content (AvgIpc) is 2.58. The fourth-order valence-corrected chi connectivity index (χ4v) is 4.29. The quantitative estimate of drug-likeness (QED) is 0.840. The normalized spacial score (nSPS) is 24.4. The van der Waals surface area contributed by atoms with E-state index in [1.54, 1.807) is 6.33 Å². The summed E-state index contributed by atoms with van der Waals surface area (Å²) >= 11 is 0. The summed E-state index contributed by atoms with van der Waals surface area (Å²) in [5.41, 5.74) is 2.47. The number of piperidine rings is 2. The van der Waals surface area contributed by atoms with Crippen LogP contribution in [0.15, 0.2) is 6.33 Å². The maximum atomic E-state index is 12.4. The van der Waals surface area contributed by atoms with Gasteiger partial charge in [0.05, 0.1) is 0 Å². The molecule has 0 aromatic carbocycles. The summed E-state index contributed by atoms with van der Waals surface area (Å²) in [6.45, 7) is 12.5. The first-order valence-corrected chi connectivity index (χ1v) is 9.71. The molecule has 0 unspecified atom stereocenters. The van der Waals surface area contributed by atoms with Gasteiger partial charge < -0.3 is 9.80 Å². The molecule has 0 bridgehead atoms. The number of hydrogen-bond acceptors (Lipinski definition) is 4. The molecule has 2 saturated heterocycles. The molecule has 0 radical (unpaired) electrons. The third-order valence-electron chi connectivity index (χ3n) is 6.00. The number of nitrogens with zero attached hydrogens (tertiary/aromatic N) is 4. The summed E-state index contributed by atoms with van der Waals surface area (Å²) in [7, 11) is 0. The maximum Gasteiger partial charge on any atom is 0.222 e. The lowest BCUT2D eigenvalue weighted by molar-refractivity contribution is -0.138. The molecule has 5 heteroatoms. The van der Waals surface area contributed by atoms with E-state index in [9.17, 15) is 4.79 Å². The van der Waals surface area contributed by atoms with Crippen molar-refractivity contribution in [3.63, 3.8) is 0 Å². The predicted molar refractivity (Wildman–Crippen MR) is 101 cm³/mol. The Balaban J connectivity index is 1.75. The van der Waals surface area contributed by atoms with Crippen LogP contribution in [0.5, 0.6) is 0 Å². The topological polar surface area (TPSA) is 49.3 Å². The zero-order valence-electron chi connectivity index (χ0n) is 16.2. The van der Waals surface area contributed by atoms with Gasteiger partial charge in [-0.25, -0.2) is 9.97 Å². The van der Waals surface area contributed by atoms with Gasteiger partial charge in [-0.2, -0.15) is 0 Å². The first-order chi connectivity index (χ1) is 11.9. The second-order valence-corrected chi connectivity index (χ2v) is 8.43. The van der Waals surface area contributed by atoms with Gasteiger partial charge in [-0.15, -0.1) is 0 Å². The van der Waals surface area contributed by atoms with Crippen molar-refractivity contribution in [2.45, 2.75) is 59.8 Å². The van der Waals surface area contributed by atoms with Crippen molar-refractivity contribution < 1.29 is 4.79 Å². The molecular weight excluding hydrogens is 312 g/mol. The Bertz CT molecular complexity index is 630. The monoisotopic (exact) mass is 344 g/mol. The molecule has 1 amide bonds. The van der Waals surface area contributed by atoms with Crippen LogP contribution in [0.1, 0.15) is 57.2 Å². The fraction of sp³-hybridized carbons (Fsp3) is 0.750. The van der Waals surface area contributed by atoms with Crippen LogP contribution in [0, 0.1) is 25.2 Å². The van der Waals surface area contributed by atoms with Gasteiger partial charge >= 0.3 is 0 Å². The highest BCUT2D eigenvalue weighted by Gasteiger charge is 2.42. The number of carbonyl (C=O) groups excluding carboxylic acids is 1. The Morgan fingerprint density at radius 2 is 2.00 bits per heavy atom. The molecule has 1 spiro atoms. The molecule has 2 aliphatic heterocycles. The number of amides is 1. The molecule has 25 heavy (non-hydrogen) atoms. The van der Waals surface area contributed by atoms with Crippen LogP contribution in [-0.2, 0) is 4.79 Å². The largest absolute Gasteiger partial charge is 0.356 e. The van der Waals surface area contributed by atoms with Gasteiger partial charge in [0.15, 0.2) is 0 Å². The number of aryl methyl sites for hydroxylation is 1. The van der Waals surface area contributed by atoms with Crippen LogP contribution in [0.3, 0.4) is 0 Å². The fourth-order valence-electron chi connectivity index (χ4n) is 4.29. The zero-order chi connectivity index (χ0) is 18.0. The van der Waals surface area contributed by atoms with Crippen molar-refractivity contribution in [2.24, 2.45) is 11.3 Å². The zero-order valence-corrected chi connectivity index (χ0v) is 16.2. The highest BCUT2D eigenvalue weighted by Crippen LogP contribution is 2.40. The van der Waals surface area contributed by atoms with E-state index in [1.807, 2.05) is 6.92 Å². The van der Waals surface area contributed by atoms with Gasteiger partial charge in [-0.1, -0.05) is 13.8 Å². The van der Waals surface area contributed by atoms with Crippen molar-refractivity contribution in [1.29, 1.82) is 0 Å². The molecule has 5 nitrogen and oxygen atoms in total. The minimum atomic E-state index is 0.231. The molecule has 3 heterocycles. The third-order valence-corrected chi connectivity index (χ3v) is 6.00. The molecule has 1 aromatic rings. The SMILES string of the molecule is Cc1ncnc(N2CCC[C@@]3(CCC(=O)N(CCC(C)C)C3)C2)c1C. The summed E-state index contributed by atoms with van der Waals surface area (Å²) < 4.78 is 0. The molecular formula is C20H32N4O. The molecule has 2 fully saturated rings. The van der Waals surface area contributed by atoms with E-state index < -0.39 is 0 Å². The number of anilines is 1. The van der Waals surface area contributed by atoms with Crippen molar-refractivity contribution in [2.75, 3.05) is 31.1 Å². The van der Waals surface area contributed by atoms with E-state index in [2.05, 4.69) is 40.5 Å². The second-order valence-electron chi connectivity index (χ2n) is 8.43. The average molecular weight is 345 g/mol. The minimum Gasteiger partial charge on any atom is -0.356 e. The number of aromatic nitrogens is 2. The Hall–Kier alpha value is -1.65. The summed E-state index contributed by atoms with van der Waals surface area (Å²) in [5.74, 6) is 2.06. The second kappa shape index (κ2) is 7.30. The molecule has 3 rings (SSSR count). The first kappa shape index (κ1) is 18.2. The summed E-state index contributed by atoms with van der Waals surface area (Å²) in [6, 6.07) is 0. The van der Waals surface area contributed by atoms with Gasteiger partial charge in [0.25, 0.3) is 0 Å². The molecule has 1 atom stereocenters. The summed E-state index contributed by atoms with van der Waals surface area (Å²) in [5, 5.41) is 0. The molecule has 2 aliphatic rings.